The van der Waals surface area contributed by atoms with Crippen molar-refractivity contribution in [2.24, 2.45) is 5.41 Å². The second-order valence-electron chi connectivity index (χ2n) is 7.17. The number of carbonyl (C=O) groups excluding carboxylic acids is 3. The van der Waals surface area contributed by atoms with Crippen molar-refractivity contribution in [1.82, 2.24) is 0 Å². The molecular formula is C23H24O6. The zero-order valence-corrected chi connectivity index (χ0v) is 16.9. The predicted octanol–water partition coefficient (Wildman–Crippen LogP) is 2.92. The van der Waals surface area contributed by atoms with E-state index in [0.29, 0.717) is 12.0 Å². The van der Waals surface area contributed by atoms with Gasteiger partial charge in [0, 0.05) is 5.92 Å². The van der Waals surface area contributed by atoms with Gasteiger partial charge in [0.05, 0.1) is 21.3 Å². The number of benzene rings is 2. The molecule has 3 rings (SSSR count). The number of fused-ring (bicyclic) bond motifs is 1. The summed E-state index contributed by atoms with van der Waals surface area (Å²) in [6, 6.07) is 14.8. The van der Waals surface area contributed by atoms with Crippen LogP contribution in [0.1, 0.15) is 34.1 Å². The Bertz CT molecular complexity index is 915. The molecular weight excluding hydrogens is 372 g/mol. The highest BCUT2D eigenvalue weighted by atomic mass is 16.5. The Morgan fingerprint density at radius 2 is 1.45 bits per heavy atom. The van der Waals surface area contributed by atoms with Crippen LogP contribution in [0.25, 0.3) is 0 Å². The monoisotopic (exact) mass is 396 g/mol. The summed E-state index contributed by atoms with van der Waals surface area (Å²) in [7, 11) is 3.64. The second-order valence-corrected chi connectivity index (χ2v) is 7.17. The van der Waals surface area contributed by atoms with Gasteiger partial charge in [0.2, 0.25) is 0 Å². The number of ether oxygens (including phenoxy) is 3. The van der Waals surface area contributed by atoms with Crippen molar-refractivity contribution < 1.29 is 28.6 Å². The van der Waals surface area contributed by atoms with Crippen molar-refractivity contribution in [3.63, 3.8) is 0 Å². The maximum Gasteiger partial charge on any atom is 0.325 e. The number of esters is 3. The van der Waals surface area contributed by atoms with E-state index in [1.807, 2.05) is 43.3 Å². The summed E-state index contributed by atoms with van der Waals surface area (Å²) in [5.74, 6) is -4.18. The zero-order chi connectivity index (χ0) is 21.2. The number of carbonyl (C=O) groups is 3. The lowest BCUT2D eigenvalue weighted by molar-refractivity contribution is -0.179. The van der Waals surface area contributed by atoms with Gasteiger partial charge in [-0.25, -0.2) is 0 Å². The SMILES string of the molecule is COC(=O)[C@@H]1c2ccccc2C[C@@H](c2ccc(C)cc2)C1(C(=O)OC)C(=O)OC. The standard InChI is InChI=1S/C23H24O6/c1-14-9-11-15(12-10-14)18-13-16-7-5-6-8-17(16)19(20(24)27-2)23(18,21(25)28-3)22(26)29-4/h5-12,18-19H,13H2,1-4H3/t18-,19-/m0/s1. The van der Waals surface area contributed by atoms with E-state index in [9.17, 15) is 14.4 Å². The Labute approximate surface area is 169 Å². The minimum Gasteiger partial charge on any atom is -0.469 e. The van der Waals surface area contributed by atoms with Crippen molar-refractivity contribution in [2.45, 2.75) is 25.2 Å². The molecule has 1 aliphatic rings. The van der Waals surface area contributed by atoms with Gasteiger partial charge in [-0.1, -0.05) is 54.1 Å². The molecule has 152 valence electrons. The molecule has 0 saturated heterocycles. The highest BCUT2D eigenvalue weighted by molar-refractivity contribution is 6.07. The second kappa shape index (κ2) is 8.07. The third-order valence-corrected chi connectivity index (χ3v) is 5.76. The molecule has 0 aromatic heterocycles. The lowest BCUT2D eigenvalue weighted by Gasteiger charge is -2.44. The number of rotatable bonds is 4. The average molecular weight is 396 g/mol. The van der Waals surface area contributed by atoms with Crippen LogP contribution in [0.5, 0.6) is 0 Å². The zero-order valence-electron chi connectivity index (χ0n) is 16.9. The van der Waals surface area contributed by atoms with Crippen LogP contribution in [0.2, 0.25) is 0 Å². The van der Waals surface area contributed by atoms with Gasteiger partial charge in [0.25, 0.3) is 0 Å². The maximum absolute atomic E-state index is 13.2. The Balaban J connectivity index is 2.38. The molecule has 0 amide bonds. The molecule has 0 aliphatic heterocycles. The molecule has 1 aliphatic carbocycles. The molecule has 6 nitrogen and oxygen atoms in total. The largest absolute Gasteiger partial charge is 0.469 e. The molecule has 0 fully saturated rings. The highest BCUT2D eigenvalue weighted by Crippen LogP contribution is 2.55. The molecule has 29 heavy (non-hydrogen) atoms. The summed E-state index contributed by atoms with van der Waals surface area (Å²) < 4.78 is 15.2. The fourth-order valence-corrected chi connectivity index (χ4v) is 4.38. The molecule has 6 heteroatoms. The van der Waals surface area contributed by atoms with Crippen molar-refractivity contribution >= 4 is 17.9 Å². The van der Waals surface area contributed by atoms with Crippen LogP contribution in [0.4, 0.5) is 0 Å². The summed E-state index contributed by atoms with van der Waals surface area (Å²) in [6.07, 6.45) is 0.372. The van der Waals surface area contributed by atoms with E-state index in [-0.39, 0.29) is 0 Å². The lowest BCUT2D eigenvalue weighted by atomic mass is 9.56. The molecule has 0 unspecified atom stereocenters. The van der Waals surface area contributed by atoms with Crippen LogP contribution in [0.15, 0.2) is 48.5 Å². The van der Waals surface area contributed by atoms with Crippen molar-refractivity contribution in [1.29, 1.82) is 0 Å². The first-order valence-electron chi connectivity index (χ1n) is 9.30. The summed E-state index contributed by atoms with van der Waals surface area (Å²) in [4.78, 5) is 39.5. The first kappa shape index (κ1) is 20.6. The van der Waals surface area contributed by atoms with Crippen molar-refractivity contribution in [3.8, 4) is 0 Å². The quantitative estimate of drug-likeness (QED) is 0.449. The number of methoxy groups -OCH3 is 3. The third kappa shape index (κ3) is 3.18. The minimum absolute atomic E-state index is 0.372. The molecule has 0 N–H and O–H groups in total. The van der Waals surface area contributed by atoms with Gasteiger partial charge in [-0.05, 0) is 30.0 Å². The summed E-state index contributed by atoms with van der Waals surface area (Å²) >= 11 is 0. The van der Waals surface area contributed by atoms with E-state index in [1.54, 1.807) is 12.1 Å². The number of hydrogen-bond donors (Lipinski definition) is 0. The van der Waals surface area contributed by atoms with Crippen molar-refractivity contribution in [3.05, 3.63) is 70.8 Å². The van der Waals surface area contributed by atoms with E-state index in [4.69, 9.17) is 14.2 Å². The molecule has 0 saturated carbocycles. The molecule has 2 atom stereocenters. The van der Waals surface area contributed by atoms with Crippen LogP contribution in [0.3, 0.4) is 0 Å². The first-order valence-corrected chi connectivity index (χ1v) is 9.30. The fraction of sp³-hybridized carbons (Fsp3) is 0.348. The number of hydrogen-bond acceptors (Lipinski definition) is 6. The summed E-state index contributed by atoms with van der Waals surface area (Å²) in [5.41, 5.74) is 1.32. The van der Waals surface area contributed by atoms with Gasteiger partial charge < -0.3 is 14.2 Å². The molecule has 2 aromatic rings. The third-order valence-electron chi connectivity index (χ3n) is 5.76. The van der Waals surface area contributed by atoms with Crippen LogP contribution >= 0.6 is 0 Å². The minimum atomic E-state index is -1.90. The van der Waals surface area contributed by atoms with Gasteiger partial charge in [0.15, 0.2) is 5.41 Å². The Morgan fingerprint density at radius 1 is 0.862 bits per heavy atom. The Morgan fingerprint density at radius 3 is 2.00 bits per heavy atom. The normalized spacial score (nSPS) is 19.6. The van der Waals surface area contributed by atoms with Gasteiger partial charge in [-0.2, -0.15) is 0 Å². The number of aryl methyl sites for hydroxylation is 1. The van der Waals surface area contributed by atoms with Gasteiger partial charge in [-0.15, -0.1) is 0 Å². The predicted molar refractivity (Wildman–Crippen MR) is 105 cm³/mol. The van der Waals surface area contributed by atoms with Crippen molar-refractivity contribution in [2.75, 3.05) is 21.3 Å². The maximum atomic E-state index is 13.2. The first-order chi connectivity index (χ1) is 13.9. The Kier molecular flexibility index (Phi) is 5.73. The van der Waals surface area contributed by atoms with E-state index in [2.05, 4.69) is 0 Å². The molecule has 0 radical (unpaired) electrons. The smallest absolute Gasteiger partial charge is 0.325 e. The molecule has 2 aromatic carbocycles. The molecule has 0 heterocycles. The summed E-state index contributed by atoms with van der Waals surface area (Å²) in [6.45, 7) is 1.95. The molecule has 0 bridgehead atoms. The summed E-state index contributed by atoms with van der Waals surface area (Å²) in [5, 5.41) is 0. The van der Waals surface area contributed by atoms with Crippen LogP contribution < -0.4 is 0 Å². The van der Waals surface area contributed by atoms with Gasteiger partial charge >= 0.3 is 17.9 Å². The van der Waals surface area contributed by atoms with E-state index < -0.39 is 35.2 Å². The fourth-order valence-electron chi connectivity index (χ4n) is 4.38. The highest BCUT2D eigenvalue weighted by Gasteiger charge is 2.65. The van der Waals surface area contributed by atoms with Gasteiger partial charge in [0.1, 0.15) is 5.92 Å². The van der Waals surface area contributed by atoms with Crippen LogP contribution in [-0.4, -0.2) is 39.2 Å². The van der Waals surface area contributed by atoms with E-state index in [0.717, 1.165) is 16.7 Å². The average Bonchev–Trinajstić information content (AvgIpc) is 2.76. The van der Waals surface area contributed by atoms with Gasteiger partial charge in [-0.3, -0.25) is 14.4 Å². The Hall–Kier alpha value is -3.15. The van der Waals surface area contributed by atoms with Crippen LogP contribution in [-0.2, 0) is 35.0 Å². The van der Waals surface area contributed by atoms with E-state index in [1.165, 1.54) is 21.3 Å². The molecule has 0 spiro atoms. The van der Waals surface area contributed by atoms with Crippen LogP contribution in [0, 0.1) is 12.3 Å². The lowest BCUT2D eigenvalue weighted by Crippen LogP contribution is -2.55. The topological polar surface area (TPSA) is 78.9 Å². The van der Waals surface area contributed by atoms with E-state index >= 15 is 0 Å².